The van der Waals surface area contributed by atoms with Crippen molar-refractivity contribution in [2.24, 2.45) is 0 Å². The molecule has 0 spiro atoms. The van der Waals surface area contributed by atoms with Crippen LogP contribution in [0.25, 0.3) is 0 Å². The summed E-state index contributed by atoms with van der Waals surface area (Å²) in [7, 11) is -2.47. The molecule has 0 aliphatic rings. The van der Waals surface area contributed by atoms with E-state index < -0.39 is 10.7 Å². The number of hydrogen-bond donors (Lipinski definition) is 2. The Labute approximate surface area is 115 Å². The largest absolute Gasteiger partial charge is 0.399 e. The normalized spacial score (nSPS) is 10.8. The molecule has 0 aliphatic heterocycles. The highest BCUT2D eigenvalue weighted by molar-refractivity contribution is 7.72. The highest BCUT2D eigenvalue weighted by Crippen LogP contribution is 2.12. The minimum absolute atomic E-state index is 0.372. The molecule has 0 radical (unpaired) electrons. The van der Waals surface area contributed by atoms with Crippen LogP contribution < -0.4 is 5.73 Å². The number of rotatable bonds is 5. The number of nitrogens with two attached hydrogens (primary N) is 1. The van der Waals surface area contributed by atoms with Crippen LogP contribution in [0, 0.1) is 0 Å². The molecule has 2 N–H and O–H groups in total. The van der Waals surface area contributed by atoms with Crippen LogP contribution in [0.2, 0.25) is 0 Å². The van der Waals surface area contributed by atoms with E-state index >= 15 is 0 Å². The predicted molar refractivity (Wildman–Crippen MR) is 77.9 cm³/mol. The van der Waals surface area contributed by atoms with Crippen molar-refractivity contribution in [2.45, 2.75) is 24.2 Å². The van der Waals surface area contributed by atoms with Gasteiger partial charge in [0.05, 0.1) is 4.90 Å². The van der Waals surface area contributed by atoms with E-state index in [-0.39, 0.29) is 0 Å². The molecule has 0 bridgehead atoms. The maximum absolute atomic E-state index is 10.8. The van der Waals surface area contributed by atoms with E-state index in [0.717, 1.165) is 30.5 Å². The average molecular weight is 275 g/mol. The van der Waals surface area contributed by atoms with Crippen LogP contribution in [0.3, 0.4) is 0 Å². The minimum atomic E-state index is -2.47. The lowest BCUT2D eigenvalue weighted by molar-refractivity contribution is 0.614. The first-order valence-electron chi connectivity index (χ1n) is 6.23. The fraction of sp³-hybridized carbons (Fsp3) is 0.200. The quantitative estimate of drug-likeness (QED) is 0.651. The fourth-order valence-electron chi connectivity index (χ4n) is 1.97. The molecule has 0 amide bonds. The summed E-state index contributed by atoms with van der Waals surface area (Å²) < 4.78 is 21.5. The molecule has 4 heteroatoms. The Balaban J connectivity index is 1.87. The number of hydrogen-bond acceptors (Lipinski definition) is 3. The van der Waals surface area contributed by atoms with Gasteiger partial charge in [-0.05, 0) is 54.7 Å². The molecule has 0 aliphatic carbocycles. The third kappa shape index (κ3) is 4.10. The molecule has 0 heterocycles. The molecular formula is C15H17NO2S. The minimum Gasteiger partial charge on any atom is -0.399 e. The predicted octanol–water partition coefficient (Wildman–Crippen LogP) is 2.41. The molecule has 3 nitrogen and oxygen atoms in total. The number of thiol groups is 1. The van der Waals surface area contributed by atoms with E-state index in [9.17, 15) is 8.42 Å². The summed E-state index contributed by atoms with van der Waals surface area (Å²) in [6.45, 7) is 0. The lowest BCUT2D eigenvalue weighted by Crippen LogP contribution is -1.91. The molecule has 100 valence electrons. The maximum atomic E-state index is 10.8. The molecule has 0 atom stereocenters. The van der Waals surface area contributed by atoms with E-state index in [1.807, 2.05) is 36.4 Å². The Morgan fingerprint density at radius 3 is 1.74 bits per heavy atom. The summed E-state index contributed by atoms with van der Waals surface area (Å²) in [6.07, 6.45) is 2.98. The molecule has 0 fully saturated rings. The van der Waals surface area contributed by atoms with E-state index in [4.69, 9.17) is 5.73 Å². The van der Waals surface area contributed by atoms with Gasteiger partial charge >= 0.3 is 0 Å². The SMILES string of the molecule is Nc1ccc(CCCc2ccc([SH](=O)=O)cc2)cc1. The van der Waals surface area contributed by atoms with Crippen molar-refractivity contribution in [1.82, 2.24) is 0 Å². The summed E-state index contributed by atoms with van der Waals surface area (Å²) in [4.78, 5) is 0.372. The summed E-state index contributed by atoms with van der Waals surface area (Å²) in [6, 6.07) is 15.0. The number of aryl methyl sites for hydroxylation is 2. The molecular weight excluding hydrogens is 258 g/mol. The van der Waals surface area contributed by atoms with Gasteiger partial charge in [-0.1, -0.05) is 24.3 Å². The summed E-state index contributed by atoms with van der Waals surface area (Å²) >= 11 is 0. The first kappa shape index (κ1) is 13.6. The van der Waals surface area contributed by atoms with Crippen LogP contribution in [0.1, 0.15) is 17.5 Å². The second-order valence-electron chi connectivity index (χ2n) is 4.52. The standard InChI is InChI=1S/C15H17NO2S/c16-14-8-4-12(5-9-14)2-1-3-13-6-10-15(11-7-13)19(17)18/h4-11,19H,1-3,16H2. The zero-order chi connectivity index (χ0) is 13.7. The first-order valence-corrected chi connectivity index (χ1v) is 7.40. The number of nitrogen functional groups attached to an aromatic ring is 1. The van der Waals surface area contributed by atoms with Crippen molar-refractivity contribution in [3.63, 3.8) is 0 Å². The van der Waals surface area contributed by atoms with Gasteiger partial charge in [0.25, 0.3) is 0 Å². The van der Waals surface area contributed by atoms with Gasteiger partial charge in [0, 0.05) is 5.69 Å². The molecule has 2 aromatic rings. The number of anilines is 1. The summed E-state index contributed by atoms with van der Waals surface area (Å²) in [5, 5.41) is 0. The van der Waals surface area contributed by atoms with Gasteiger partial charge in [0.1, 0.15) is 0 Å². The lowest BCUT2D eigenvalue weighted by Gasteiger charge is -2.03. The van der Waals surface area contributed by atoms with Gasteiger partial charge in [-0.3, -0.25) is 0 Å². The van der Waals surface area contributed by atoms with Gasteiger partial charge in [-0.25, -0.2) is 8.42 Å². The third-order valence-corrected chi connectivity index (χ3v) is 3.78. The second-order valence-corrected chi connectivity index (χ2v) is 5.55. The summed E-state index contributed by atoms with van der Waals surface area (Å²) in [5.74, 6) is 0. The number of benzene rings is 2. The van der Waals surface area contributed by atoms with Gasteiger partial charge in [-0.15, -0.1) is 0 Å². The van der Waals surface area contributed by atoms with E-state index in [1.54, 1.807) is 12.1 Å². The van der Waals surface area contributed by atoms with Gasteiger partial charge in [0.15, 0.2) is 10.7 Å². The van der Waals surface area contributed by atoms with Crippen LogP contribution in [-0.2, 0) is 23.5 Å². The Hall–Kier alpha value is -1.81. The van der Waals surface area contributed by atoms with Gasteiger partial charge in [0.2, 0.25) is 0 Å². The van der Waals surface area contributed by atoms with Gasteiger partial charge in [-0.2, -0.15) is 0 Å². The zero-order valence-electron chi connectivity index (χ0n) is 10.6. The maximum Gasteiger partial charge on any atom is 0.168 e. The van der Waals surface area contributed by atoms with Crippen molar-refractivity contribution >= 4 is 16.4 Å². The van der Waals surface area contributed by atoms with Crippen LogP contribution in [-0.4, -0.2) is 8.42 Å². The second kappa shape index (κ2) is 6.38. The first-order chi connectivity index (χ1) is 9.15. The summed E-state index contributed by atoms with van der Waals surface area (Å²) in [5.41, 5.74) is 8.85. The molecule has 2 aromatic carbocycles. The van der Waals surface area contributed by atoms with Crippen molar-refractivity contribution in [1.29, 1.82) is 0 Å². The lowest BCUT2D eigenvalue weighted by atomic mass is 10.0. The van der Waals surface area contributed by atoms with Crippen molar-refractivity contribution in [2.75, 3.05) is 5.73 Å². The van der Waals surface area contributed by atoms with E-state index in [0.29, 0.717) is 4.90 Å². The average Bonchev–Trinajstić information content (AvgIpc) is 2.41. The van der Waals surface area contributed by atoms with Crippen LogP contribution in [0.15, 0.2) is 53.4 Å². The molecule has 2 rings (SSSR count). The van der Waals surface area contributed by atoms with E-state index in [2.05, 4.69) is 0 Å². The highest BCUT2D eigenvalue weighted by atomic mass is 32.2. The zero-order valence-corrected chi connectivity index (χ0v) is 11.5. The molecule has 0 saturated heterocycles. The fourth-order valence-corrected chi connectivity index (χ4v) is 2.36. The topological polar surface area (TPSA) is 60.2 Å². The third-order valence-electron chi connectivity index (χ3n) is 3.06. The monoisotopic (exact) mass is 275 g/mol. The molecule has 0 unspecified atom stereocenters. The van der Waals surface area contributed by atoms with Gasteiger partial charge < -0.3 is 5.73 Å². The Morgan fingerprint density at radius 1 is 0.789 bits per heavy atom. The Bertz CT molecular complexity index is 593. The Morgan fingerprint density at radius 2 is 1.26 bits per heavy atom. The smallest absolute Gasteiger partial charge is 0.168 e. The molecule has 0 saturated carbocycles. The van der Waals surface area contributed by atoms with Crippen LogP contribution in [0.5, 0.6) is 0 Å². The van der Waals surface area contributed by atoms with Crippen molar-refractivity contribution in [3.8, 4) is 0 Å². The van der Waals surface area contributed by atoms with Crippen LogP contribution >= 0.6 is 0 Å². The van der Waals surface area contributed by atoms with Crippen molar-refractivity contribution < 1.29 is 8.42 Å². The highest BCUT2D eigenvalue weighted by Gasteiger charge is 1.98. The van der Waals surface area contributed by atoms with Crippen LogP contribution in [0.4, 0.5) is 5.69 Å². The van der Waals surface area contributed by atoms with Crippen molar-refractivity contribution in [3.05, 3.63) is 59.7 Å². The molecule has 19 heavy (non-hydrogen) atoms. The molecule has 0 aromatic heterocycles. The van der Waals surface area contributed by atoms with E-state index in [1.165, 1.54) is 5.56 Å². The Kier molecular flexibility index (Phi) is 4.58.